The molecular formula is C48H24B2N2O4. The second-order valence-electron chi connectivity index (χ2n) is 15.5. The van der Waals surface area contributed by atoms with Crippen molar-refractivity contribution in [2.75, 3.05) is 9.80 Å². The van der Waals surface area contributed by atoms with Crippen molar-refractivity contribution >= 4 is 124 Å². The van der Waals surface area contributed by atoms with Gasteiger partial charge in [0.1, 0.15) is 45.5 Å². The van der Waals surface area contributed by atoms with E-state index in [1.165, 1.54) is 10.9 Å². The number of benzene rings is 8. The first kappa shape index (κ1) is 28.2. The van der Waals surface area contributed by atoms with Crippen LogP contribution in [0.15, 0.2) is 154 Å². The molecule has 8 heteroatoms. The van der Waals surface area contributed by atoms with Crippen molar-refractivity contribution in [3.05, 3.63) is 146 Å². The molecule has 0 fully saturated rings. The molecule has 0 radical (unpaired) electrons. The summed E-state index contributed by atoms with van der Waals surface area (Å²) in [7, 11) is 0. The fourth-order valence-corrected chi connectivity index (χ4v) is 10.8. The Morgan fingerprint density at radius 3 is 1.39 bits per heavy atom. The van der Waals surface area contributed by atoms with Gasteiger partial charge in [-0.25, -0.2) is 0 Å². The van der Waals surface area contributed by atoms with Crippen LogP contribution in [0.3, 0.4) is 0 Å². The van der Waals surface area contributed by atoms with Crippen LogP contribution in [0.4, 0.5) is 34.1 Å². The number of furan rings is 2. The molecule has 2 aromatic heterocycles. The van der Waals surface area contributed by atoms with Crippen LogP contribution >= 0.6 is 0 Å². The molecule has 15 rings (SSSR count). The molecule has 7 heterocycles. The lowest BCUT2D eigenvalue weighted by Crippen LogP contribution is -2.67. The van der Waals surface area contributed by atoms with Gasteiger partial charge in [0, 0.05) is 39.0 Å². The SMILES string of the molecule is c1ccc(N2c3c4c(cc5c3oc3ccccc35)B3c5ccccc5Oc5cc6c7c(c53)N4c3c(cc4c(oc5ccccc54)c32)B7c2ccccc2O6)cc1. The third-order valence-corrected chi connectivity index (χ3v) is 12.8. The lowest BCUT2D eigenvalue weighted by molar-refractivity contribution is 0.465. The summed E-state index contributed by atoms with van der Waals surface area (Å²) >= 11 is 0. The molecule has 0 saturated heterocycles. The van der Waals surface area contributed by atoms with Gasteiger partial charge in [0.25, 0.3) is 13.4 Å². The van der Waals surface area contributed by atoms with E-state index in [0.29, 0.717) is 0 Å². The number of para-hydroxylation sites is 5. The van der Waals surface area contributed by atoms with E-state index in [0.717, 1.165) is 123 Å². The van der Waals surface area contributed by atoms with Gasteiger partial charge in [0.2, 0.25) is 0 Å². The van der Waals surface area contributed by atoms with Gasteiger partial charge in [0.05, 0.1) is 11.4 Å². The monoisotopic (exact) mass is 714 g/mol. The van der Waals surface area contributed by atoms with Crippen molar-refractivity contribution in [1.29, 1.82) is 0 Å². The molecule has 0 unspecified atom stereocenters. The zero-order valence-electron chi connectivity index (χ0n) is 29.5. The number of anilines is 6. The molecule has 0 N–H and O–H groups in total. The van der Waals surface area contributed by atoms with Crippen LogP contribution in [0.25, 0.3) is 43.9 Å². The third-order valence-electron chi connectivity index (χ3n) is 12.8. The van der Waals surface area contributed by atoms with Gasteiger partial charge in [-0.05, 0) is 69.2 Å². The summed E-state index contributed by atoms with van der Waals surface area (Å²) < 4.78 is 27.9. The summed E-state index contributed by atoms with van der Waals surface area (Å²) in [6, 6.07) is 51.5. The third kappa shape index (κ3) is 3.12. The Morgan fingerprint density at radius 1 is 0.357 bits per heavy atom. The average molecular weight is 714 g/mol. The van der Waals surface area contributed by atoms with Crippen molar-refractivity contribution in [2.24, 2.45) is 0 Å². The Bertz CT molecular complexity index is 3280. The maximum Gasteiger partial charge on any atom is 0.256 e. The van der Waals surface area contributed by atoms with E-state index < -0.39 is 0 Å². The maximum atomic E-state index is 7.04. The molecule has 6 nitrogen and oxygen atoms in total. The van der Waals surface area contributed by atoms with Crippen LogP contribution in [0.5, 0.6) is 23.0 Å². The second kappa shape index (κ2) is 9.49. The van der Waals surface area contributed by atoms with Gasteiger partial charge in [-0.15, -0.1) is 0 Å². The first-order valence-electron chi connectivity index (χ1n) is 19.2. The van der Waals surface area contributed by atoms with Crippen molar-refractivity contribution in [3.63, 3.8) is 0 Å². The van der Waals surface area contributed by atoms with Crippen LogP contribution in [0.2, 0.25) is 0 Å². The molecule has 0 amide bonds. The largest absolute Gasteiger partial charge is 0.458 e. The van der Waals surface area contributed by atoms with E-state index in [9.17, 15) is 0 Å². The maximum absolute atomic E-state index is 7.04. The Morgan fingerprint density at radius 2 is 0.839 bits per heavy atom. The molecule has 56 heavy (non-hydrogen) atoms. The number of ether oxygens (including phenoxy) is 2. The summed E-state index contributed by atoms with van der Waals surface area (Å²) in [4.78, 5) is 4.95. The summed E-state index contributed by atoms with van der Waals surface area (Å²) in [5.41, 5.74) is 16.8. The Labute approximate surface area is 319 Å². The van der Waals surface area contributed by atoms with Crippen LogP contribution in [-0.4, -0.2) is 13.4 Å². The van der Waals surface area contributed by atoms with Crippen LogP contribution in [0.1, 0.15) is 0 Å². The zero-order chi connectivity index (χ0) is 36.0. The molecule has 0 spiro atoms. The first-order valence-corrected chi connectivity index (χ1v) is 19.2. The lowest BCUT2D eigenvalue weighted by Gasteiger charge is -2.51. The van der Waals surface area contributed by atoms with E-state index in [-0.39, 0.29) is 13.4 Å². The highest BCUT2D eigenvalue weighted by molar-refractivity contribution is 7.04. The summed E-state index contributed by atoms with van der Waals surface area (Å²) in [6.07, 6.45) is 0. The molecule has 0 aliphatic carbocycles. The first-order chi connectivity index (χ1) is 27.8. The van der Waals surface area contributed by atoms with Gasteiger partial charge in [-0.2, -0.15) is 0 Å². The molecule has 0 saturated carbocycles. The Hall–Kier alpha value is -7.31. The van der Waals surface area contributed by atoms with Crippen LogP contribution < -0.4 is 52.1 Å². The normalized spacial score (nSPS) is 14.6. The number of fused-ring (bicyclic) bond motifs is 14. The summed E-state index contributed by atoms with van der Waals surface area (Å²) in [5, 5.41) is 4.33. The smallest absolute Gasteiger partial charge is 0.256 e. The van der Waals surface area contributed by atoms with Crippen LogP contribution in [0, 0.1) is 0 Å². The van der Waals surface area contributed by atoms with Gasteiger partial charge in [-0.3, -0.25) is 0 Å². The average Bonchev–Trinajstić information content (AvgIpc) is 3.82. The van der Waals surface area contributed by atoms with Gasteiger partial charge < -0.3 is 28.1 Å². The topological polar surface area (TPSA) is 51.2 Å². The van der Waals surface area contributed by atoms with E-state index in [1.807, 2.05) is 0 Å². The number of hydrogen-bond acceptors (Lipinski definition) is 6. The Balaban J connectivity index is 1.22. The van der Waals surface area contributed by atoms with Crippen molar-refractivity contribution in [3.8, 4) is 23.0 Å². The zero-order valence-corrected chi connectivity index (χ0v) is 29.5. The quantitative estimate of drug-likeness (QED) is 0.159. The predicted octanol–water partition coefficient (Wildman–Crippen LogP) is 8.61. The molecule has 0 bridgehead atoms. The van der Waals surface area contributed by atoms with Gasteiger partial charge in [0.15, 0.2) is 11.2 Å². The highest BCUT2D eigenvalue weighted by Crippen LogP contribution is 2.61. The van der Waals surface area contributed by atoms with Crippen LogP contribution in [-0.2, 0) is 0 Å². The number of nitrogens with zero attached hydrogens (tertiary/aromatic N) is 2. The Kier molecular flexibility index (Phi) is 4.77. The standard InChI is InChI=1S/C48H24B2N2O4/c1-2-12-25(13-3-1)51-45-42-32(22-28-26-14-4-8-18-34(26)55-47(28)45)49-30-16-6-10-20-36(30)53-38-24-39-41-44(40(38)49)52(42)43-33(50(41)31-17-7-11-21-37(31)54-39)23-29-27-15-5-9-19-35(27)56-48(29)46(43)51/h1-24H. The molecule has 8 aromatic carbocycles. The molecule has 256 valence electrons. The molecular weight excluding hydrogens is 690 g/mol. The minimum Gasteiger partial charge on any atom is -0.458 e. The molecule has 10 aromatic rings. The minimum absolute atomic E-state index is 0.105. The fraction of sp³-hybridized carbons (Fsp3) is 0. The van der Waals surface area contributed by atoms with E-state index in [2.05, 4.69) is 155 Å². The van der Waals surface area contributed by atoms with Gasteiger partial charge in [-0.1, -0.05) is 103 Å². The fourth-order valence-electron chi connectivity index (χ4n) is 10.8. The predicted molar refractivity (Wildman–Crippen MR) is 226 cm³/mol. The highest BCUT2D eigenvalue weighted by atomic mass is 16.5. The van der Waals surface area contributed by atoms with E-state index >= 15 is 0 Å². The van der Waals surface area contributed by atoms with Gasteiger partial charge >= 0.3 is 0 Å². The molecule has 5 aliphatic heterocycles. The summed E-state index contributed by atoms with van der Waals surface area (Å²) in [6.45, 7) is -0.210. The second-order valence-corrected chi connectivity index (χ2v) is 15.5. The minimum atomic E-state index is -0.105. The van der Waals surface area contributed by atoms with E-state index in [4.69, 9.17) is 18.3 Å². The summed E-state index contributed by atoms with van der Waals surface area (Å²) in [5.74, 6) is 3.37. The van der Waals surface area contributed by atoms with Crippen molar-refractivity contribution in [2.45, 2.75) is 0 Å². The van der Waals surface area contributed by atoms with E-state index in [1.54, 1.807) is 0 Å². The highest BCUT2D eigenvalue weighted by Gasteiger charge is 2.55. The van der Waals surface area contributed by atoms with Crippen molar-refractivity contribution in [1.82, 2.24) is 0 Å². The van der Waals surface area contributed by atoms with Crippen molar-refractivity contribution < 1.29 is 18.3 Å². The molecule has 5 aliphatic rings. The molecule has 0 atom stereocenters. The number of hydrogen-bond donors (Lipinski definition) is 0. The number of rotatable bonds is 1. The lowest BCUT2D eigenvalue weighted by atomic mass is 9.29.